The molecule has 0 spiro atoms. The standard InChI is InChI=1S/C23H28N4O3S/c1-31(28,29)23-14-25-26-21(23)12-18-7-5-11-27(15-18)16-20-8-2-3-9-22(20)30-17-19-6-4-10-24-13-19/h2-4,6,8-10,13-14,18H,5,7,11-12,15-17H2,1H3,(H,25,26)/t18-/m1/s1. The molecule has 1 saturated heterocycles. The van der Waals surface area contributed by atoms with Gasteiger partial charge in [0.25, 0.3) is 0 Å². The Bertz CT molecular complexity index is 1100. The van der Waals surface area contributed by atoms with Crippen molar-refractivity contribution in [3.05, 3.63) is 71.8 Å². The van der Waals surface area contributed by atoms with Crippen molar-refractivity contribution < 1.29 is 13.2 Å². The summed E-state index contributed by atoms with van der Waals surface area (Å²) < 4.78 is 30.0. The number of hydrogen-bond donors (Lipinski definition) is 1. The molecule has 1 aromatic carbocycles. The Morgan fingerprint density at radius 1 is 1.19 bits per heavy atom. The summed E-state index contributed by atoms with van der Waals surface area (Å²) in [7, 11) is -3.27. The molecule has 0 saturated carbocycles. The maximum Gasteiger partial charge on any atom is 0.178 e. The molecule has 0 aliphatic carbocycles. The van der Waals surface area contributed by atoms with E-state index in [0.717, 1.165) is 55.0 Å². The Morgan fingerprint density at radius 2 is 2.06 bits per heavy atom. The third-order valence-corrected chi connectivity index (χ3v) is 6.81. The molecular weight excluding hydrogens is 412 g/mol. The molecule has 0 radical (unpaired) electrons. The largest absolute Gasteiger partial charge is 0.489 e. The lowest BCUT2D eigenvalue weighted by Crippen LogP contribution is -2.36. The number of para-hydroxylation sites is 1. The van der Waals surface area contributed by atoms with Gasteiger partial charge in [0, 0.05) is 42.9 Å². The second kappa shape index (κ2) is 9.62. The molecule has 8 heteroatoms. The predicted molar refractivity (Wildman–Crippen MR) is 118 cm³/mol. The van der Waals surface area contributed by atoms with Gasteiger partial charge in [-0.1, -0.05) is 24.3 Å². The predicted octanol–water partition coefficient (Wildman–Crippen LogP) is 3.24. The van der Waals surface area contributed by atoms with Crippen LogP contribution in [0.2, 0.25) is 0 Å². The highest BCUT2D eigenvalue weighted by atomic mass is 32.2. The molecule has 2 aromatic heterocycles. The zero-order chi connectivity index (χ0) is 21.7. The zero-order valence-electron chi connectivity index (χ0n) is 17.7. The summed E-state index contributed by atoms with van der Waals surface area (Å²) >= 11 is 0. The van der Waals surface area contributed by atoms with Gasteiger partial charge < -0.3 is 4.74 Å². The molecule has 31 heavy (non-hydrogen) atoms. The third kappa shape index (κ3) is 5.71. The van der Waals surface area contributed by atoms with Crippen molar-refractivity contribution in [3.63, 3.8) is 0 Å². The number of H-pyrrole nitrogens is 1. The maximum absolute atomic E-state index is 12.0. The second-order valence-corrected chi connectivity index (χ2v) is 10.2. The van der Waals surface area contributed by atoms with E-state index in [-0.39, 0.29) is 0 Å². The summed E-state index contributed by atoms with van der Waals surface area (Å²) in [6, 6.07) is 12.1. The molecule has 0 bridgehead atoms. The Morgan fingerprint density at radius 3 is 2.87 bits per heavy atom. The van der Waals surface area contributed by atoms with E-state index in [1.54, 1.807) is 6.20 Å². The number of hydrogen-bond acceptors (Lipinski definition) is 6. The van der Waals surface area contributed by atoms with E-state index in [0.29, 0.717) is 23.8 Å². The quantitative estimate of drug-likeness (QED) is 0.579. The van der Waals surface area contributed by atoms with E-state index in [2.05, 4.69) is 26.1 Å². The van der Waals surface area contributed by atoms with Gasteiger partial charge in [-0.25, -0.2) is 8.42 Å². The number of ether oxygens (including phenoxy) is 1. The number of nitrogens with one attached hydrogen (secondary N) is 1. The molecular formula is C23H28N4O3S. The van der Waals surface area contributed by atoms with E-state index in [4.69, 9.17) is 4.74 Å². The molecule has 1 aliphatic heterocycles. The molecule has 0 unspecified atom stereocenters. The van der Waals surface area contributed by atoms with Gasteiger partial charge in [0.15, 0.2) is 9.84 Å². The number of pyridine rings is 1. The van der Waals surface area contributed by atoms with Crippen LogP contribution >= 0.6 is 0 Å². The molecule has 3 aromatic rings. The summed E-state index contributed by atoms with van der Waals surface area (Å²) in [6.07, 6.45) is 9.09. The summed E-state index contributed by atoms with van der Waals surface area (Å²) in [4.78, 5) is 6.89. The topological polar surface area (TPSA) is 88.2 Å². The van der Waals surface area contributed by atoms with Gasteiger partial charge in [-0.2, -0.15) is 5.10 Å². The van der Waals surface area contributed by atoms with Crippen LogP contribution in [0.25, 0.3) is 0 Å². The summed E-state index contributed by atoms with van der Waals surface area (Å²) in [6.45, 7) is 3.23. The normalized spacial score (nSPS) is 17.5. The van der Waals surface area contributed by atoms with E-state index in [1.807, 2.05) is 36.5 Å². The Balaban J connectivity index is 1.39. The number of likely N-dealkylation sites (tertiary alicyclic amines) is 1. The van der Waals surface area contributed by atoms with Crippen LogP contribution in [-0.2, 0) is 29.4 Å². The number of piperidine rings is 1. The van der Waals surface area contributed by atoms with E-state index < -0.39 is 9.84 Å². The van der Waals surface area contributed by atoms with Crippen LogP contribution in [0.3, 0.4) is 0 Å². The van der Waals surface area contributed by atoms with Crippen molar-refractivity contribution in [1.29, 1.82) is 0 Å². The number of rotatable bonds is 8. The average Bonchev–Trinajstić information content (AvgIpc) is 3.23. The molecule has 164 valence electrons. The minimum atomic E-state index is -3.27. The van der Waals surface area contributed by atoms with Crippen molar-refractivity contribution in [2.45, 2.75) is 37.3 Å². The van der Waals surface area contributed by atoms with E-state index in [9.17, 15) is 8.42 Å². The summed E-state index contributed by atoms with van der Waals surface area (Å²) in [5.41, 5.74) is 2.91. The number of sulfone groups is 1. The second-order valence-electron chi connectivity index (χ2n) is 8.19. The van der Waals surface area contributed by atoms with Crippen LogP contribution in [0.4, 0.5) is 0 Å². The van der Waals surface area contributed by atoms with Gasteiger partial charge in [-0.05, 0) is 43.9 Å². The highest BCUT2D eigenvalue weighted by molar-refractivity contribution is 7.90. The number of benzene rings is 1. The third-order valence-electron chi connectivity index (χ3n) is 5.66. The minimum absolute atomic E-state index is 0.318. The first kappa shape index (κ1) is 21.5. The van der Waals surface area contributed by atoms with Crippen molar-refractivity contribution in [1.82, 2.24) is 20.1 Å². The summed E-state index contributed by atoms with van der Waals surface area (Å²) in [5.74, 6) is 1.28. The van der Waals surface area contributed by atoms with Crippen LogP contribution in [0.1, 0.15) is 29.7 Å². The highest BCUT2D eigenvalue weighted by Crippen LogP contribution is 2.27. The lowest BCUT2D eigenvalue weighted by atomic mass is 9.93. The minimum Gasteiger partial charge on any atom is -0.489 e. The Kier molecular flexibility index (Phi) is 6.67. The highest BCUT2D eigenvalue weighted by Gasteiger charge is 2.24. The summed E-state index contributed by atoms with van der Waals surface area (Å²) in [5, 5.41) is 6.85. The van der Waals surface area contributed by atoms with Gasteiger partial charge >= 0.3 is 0 Å². The van der Waals surface area contributed by atoms with E-state index >= 15 is 0 Å². The molecule has 1 atom stereocenters. The van der Waals surface area contributed by atoms with Crippen molar-refractivity contribution in [3.8, 4) is 5.75 Å². The van der Waals surface area contributed by atoms with Gasteiger partial charge in [-0.3, -0.25) is 15.0 Å². The first-order chi connectivity index (χ1) is 15.0. The van der Waals surface area contributed by atoms with Gasteiger partial charge in [0.2, 0.25) is 0 Å². The number of nitrogens with zero attached hydrogens (tertiary/aromatic N) is 3. The van der Waals surface area contributed by atoms with Crippen LogP contribution in [0, 0.1) is 5.92 Å². The Hall–Kier alpha value is -2.71. The molecule has 3 heterocycles. The number of aromatic amines is 1. The monoisotopic (exact) mass is 440 g/mol. The smallest absolute Gasteiger partial charge is 0.178 e. The van der Waals surface area contributed by atoms with Crippen LogP contribution in [0.15, 0.2) is 59.9 Å². The molecule has 1 N–H and O–H groups in total. The molecule has 1 fully saturated rings. The molecule has 0 amide bonds. The van der Waals surface area contributed by atoms with Crippen molar-refractivity contribution in [2.24, 2.45) is 5.92 Å². The van der Waals surface area contributed by atoms with Crippen LogP contribution < -0.4 is 4.74 Å². The lowest BCUT2D eigenvalue weighted by Gasteiger charge is -2.33. The fraction of sp³-hybridized carbons (Fsp3) is 0.391. The van der Waals surface area contributed by atoms with E-state index in [1.165, 1.54) is 12.5 Å². The van der Waals surface area contributed by atoms with Gasteiger partial charge in [0.1, 0.15) is 17.3 Å². The fourth-order valence-corrected chi connectivity index (χ4v) is 5.00. The molecule has 1 aliphatic rings. The van der Waals surface area contributed by atoms with Crippen molar-refractivity contribution in [2.75, 3.05) is 19.3 Å². The zero-order valence-corrected chi connectivity index (χ0v) is 18.5. The maximum atomic E-state index is 12.0. The lowest BCUT2D eigenvalue weighted by molar-refractivity contribution is 0.163. The molecule has 4 rings (SSSR count). The molecule has 7 nitrogen and oxygen atoms in total. The van der Waals surface area contributed by atoms with Crippen LogP contribution in [-0.4, -0.2) is 47.8 Å². The van der Waals surface area contributed by atoms with Gasteiger partial charge in [-0.15, -0.1) is 0 Å². The van der Waals surface area contributed by atoms with Gasteiger partial charge in [0.05, 0.1) is 11.9 Å². The Labute approximate surface area is 183 Å². The van der Waals surface area contributed by atoms with Crippen molar-refractivity contribution >= 4 is 9.84 Å². The average molecular weight is 441 g/mol. The fourth-order valence-electron chi connectivity index (χ4n) is 4.18. The SMILES string of the molecule is CS(=O)(=O)c1cn[nH]c1C[C@H]1CCCN(Cc2ccccc2OCc2cccnc2)C1. The number of aromatic nitrogens is 3. The van der Waals surface area contributed by atoms with Crippen LogP contribution in [0.5, 0.6) is 5.75 Å². The first-order valence-corrected chi connectivity index (χ1v) is 12.4. The first-order valence-electron chi connectivity index (χ1n) is 10.5.